The van der Waals surface area contributed by atoms with Crippen LogP contribution in [0.1, 0.15) is 12.5 Å². The molecule has 0 aliphatic rings. The summed E-state index contributed by atoms with van der Waals surface area (Å²) >= 11 is 0. The van der Waals surface area contributed by atoms with E-state index in [2.05, 4.69) is 5.32 Å². The molecule has 0 aliphatic carbocycles. The molecule has 26 heavy (non-hydrogen) atoms. The molecule has 0 bridgehead atoms. The molecule has 3 aromatic carbocycles. The van der Waals surface area contributed by atoms with E-state index in [0.717, 1.165) is 11.1 Å². The normalized spacial score (nSPS) is 11.2. The zero-order chi connectivity index (χ0) is 18.4. The summed E-state index contributed by atoms with van der Waals surface area (Å²) in [5.74, 6) is 0.313. The van der Waals surface area contributed by atoms with Gasteiger partial charge in [0.15, 0.2) is 6.10 Å². The fourth-order valence-corrected chi connectivity index (χ4v) is 2.49. The van der Waals surface area contributed by atoms with Gasteiger partial charge >= 0.3 is 0 Å². The van der Waals surface area contributed by atoms with Gasteiger partial charge in [0.05, 0.1) is 11.6 Å². The summed E-state index contributed by atoms with van der Waals surface area (Å²) in [6, 6.07) is 26.4. The zero-order valence-electron chi connectivity index (χ0n) is 14.3. The van der Waals surface area contributed by atoms with Crippen molar-refractivity contribution in [2.45, 2.75) is 13.0 Å². The fourth-order valence-electron chi connectivity index (χ4n) is 2.49. The molecule has 0 fully saturated rings. The second-order valence-electron chi connectivity index (χ2n) is 5.83. The highest BCUT2D eigenvalue weighted by molar-refractivity contribution is 5.94. The number of amides is 1. The van der Waals surface area contributed by atoms with Crippen LogP contribution in [-0.2, 0) is 4.79 Å². The van der Waals surface area contributed by atoms with Crippen molar-refractivity contribution in [3.8, 4) is 22.9 Å². The van der Waals surface area contributed by atoms with Crippen LogP contribution in [0, 0.1) is 11.3 Å². The van der Waals surface area contributed by atoms with Crippen LogP contribution >= 0.6 is 0 Å². The van der Waals surface area contributed by atoms with Crippen molar-refractivity contribution in [3.63, 3.8) is 0 Å². The van der Waals surface area contributed by atoms with E-state index in [4.69, 9.17) is 10.00 Å². The van der Waals surface area contributed by atoms with Crippen molar-refractivity contribution in [1.82, 2.24) is 0 Å². The third-order valence-corrected chi connectivity index (χ3v) is 3.93. The molecule has 0 spiro atoms. The van der Waals surface area contributed by atoms with Gasteiger partial charge in [0.25, 0.3) is 5.91 Å². The lowest BCUT2D eigenvalue weighted by Crippen LogP contribution is -2.30. The van der Waals surface area contributed by atoms with Crippen LogP contribution in [0.15, 0.2) is 78.9 Å². The van der Waals surface area contributed by atoms with Gasteiger partial charge in [-0.25, -0.2) is 0 Å². The molecule has 0 aliphatic heterocycles. The van der Waals surface area contributed by atoms with Crippen molar-refractivity contribution >= 4 is 11.6 Å². The minimum Gasteiger partial charge on any atom is -0.481 e. The van der Waals surface area contributed by atoms with Gasteiger partial charge < -0.3 is 10.1 Å². The number of nitrogens with zero attached hydrogens (tertiary/aromatic N) is 1. The van der Waals surface area contributed by atoms with Crippen molar-refractivity contribution in [2.75, 3.05) is 5.32 Å². The summed E-state index contributed by atoms with van der Waals surface area (Å²) < 4.78 is 5.62. The first-order chi connectivity index (χ1) is 12.7. The Morgan fingerprint density at radius 1 is 0.923 bits per heavy atom. The van der Waals surface area contributed by atoms with Gasteiger partial charge in [-0.05, 0) is 54.4 Å². The van der Waals surface area contributed by atoms with Crippen molar-refractivity contribution in [3.05, 3.63) is 84.4 Å². The standard InChI is InChI=1S/C22H18N2O2/c1-16(26-21-13-7-17(15-23)8-14-21)22(25)24-20-11-9-19(10-12-20)18-5-3-2-4-6-18/h2-14,16H,1H3,(H,24,25)/t16-/m0/s1. The monoisotopic (exact) mass is 342 g/mol. The molecule has 3 aromatic rings. The summed E-state index contributed by atoms with van der Waals surface area (Å²) in [6.45, 7) is 1.69. The molecule has 0 heterocycles. The van der Waals surface area contributed by atoms with E-state index in [1.807, 2.05) is 60.7 Å². The number of anilines is 1. The van der Waals surface area contributed by atoms with E-state index in [9.17, 15) is 4.79 Å². The first kappa shape index (κ1) is 17.2. The van der Waals surface area contributed by atoms with Crippen LogP contribution in [-0.4, -0.2) is 12.0 Å². The maximum absolute atomic E-state index is 12.3. The van der Waals surface area contributed by atoms with Crippen LogP contribution in [0.3, 0.4) is 0 Å². The lowest BCUT2D eigenvalue weighted by molar-refractivity contribution is -0.122. The molecular weight excluding hydrogens is 324 g/mol. The van der Waals surface area contributed by atoms with Crippen molar-refractivity contribution in [1.29, 1.82) is 5.26 Å². The van der Waals surface area contributed by atoms with Crippen molar-refractivity contribution in [2.24, 2.45) is 0 Å². The van der Waals surface area contributed by atoms with Gasteiger partial charge in [-0.15, -0.1) is 0 Å². The van der Waals surface area contributed by atoms with Gasteiger partial charge in [-0.3, -0.25) is 4.79 Å². The van der Waals surface area contributed by atoms with Gasteiger partial charge in [0, 0.05) is 5.69 Å². The van der Waals surface area contributed by atoms with E-state index in [1.165, 1.54) is 0 Å². The van der Waals surface area contributed by atoms with Gasteiger partial charge in [-0.2, -0.15) is 5.26 Å². The molecule has 0 unspecified atom stereocenters. The molecule has 0 saturated carbocycles. The number of carbonyl (C=O) groups excluding carboxylic acids is 1. The SMILES string of the molecule is C[C@H](Oc1ccc(C#N)cc1)C(=O)Nc1ccc(-c2ccccc2)cc1. The van der Waals surface area contributed by atoms with Gasteiger partial charge in [0.1, 0.15) is 5.75 Å². The number of nitrogens with one attached hydrogen (secondary N) is 1. The van der Waals surface area contributed by atoms with E-state index < -0.39 is 6.10 Å². The third-order valence-electron chi connectivity index (χ3n) is 3.93. The Morgan fingerprint density at radius 3 is 2.15 bits per heavy atom. The molecule has 1 N–H and O–H groups in total. The second-order valence-corrected chi connectivity index (χ2v) is 5.83. The highest BCUT2D eigenvalue weighted by Crippen LogP contribution is 2.21. The van der Waals surface area contributed by atoms with Crippen molar-refractivity contribution < 1.29 is 9.53 Å². The molecule has 128 valence electrons. The number of nitriles is 1. The Balaban J connectivity index is 1.61. The molecule has 1 amide bonds. The van der Waals surface area contributed by atoms with E-state index in [-0.39, 0.29) is 5.91 Å². The van der Waals surface area contributed by atoms with Gasteiger partial charge in [-0.1, -0.05) is 42.5 Å². The fraction of sp³-hybridized carbons (Fsp3) is 0.0909. The predicted octanol–water partition coefficient (Wildman–Crippen LogP) is 4.63. The number of ether oxygens (including phenoxy) is 1. The molecule has 0 aromatic heterocycles. The van der Waals surface area contributed by atoms with Gasteiger partial charge in [0.2, 0.25) is 0 Å². The molecule has 0 saturated heterocycles. The maximum Gasteiger partial charge on any atom is 0.265 e. The maximum atomic E-state index is 12.3. The summed E-state index contributed by atoms with van der Waals surface area (Å²) in [5.41, 5.74) is 3.48. The number of benzene rings is 3. The summed E-state index contributed by atoms with van der Waals surface area (Å²) in [7, 11) is 0. The molecule has 0 radical (unpaired) electrons. The first-order valence-corrected chi connectivity index (χ1v) is 8.29. The average molecular weight is 342 g/mol. The van der Waals surface area contributed by atoms with Crippen LogP contribution in [0.4, 0.5) is 5.69 Å². The summed E-state index contributed by atoms with van der Waals surface area (Å²) in [4.78, 5) is 12.3. The average Bonchev–Trinajstić information content (AvgIpc) is 2.70. The quantitative estimate of drug-likeness (QED) is 0.735. The van der Waals surface area contributed by atoms with E-state index in [0.29, 0.717) is 17.0 Å². The zero-order valence-corrected chi connectivity index (χ0v) is 14.3. The number of rotatable bonds is 5. The topological polar surface area (TPSA) is 62.1 Å². The largest absolute Gasteiger partial charge is 0.481 e. The third kappa shape index (κ3) is 4.28. The first-order valence-electron chi connectivity index (χ1n) is 8.29. The number of hydrogen-bond donors (Lipinski definition) is 1. The number of carbonyl (C=O) groups is 1. The highest BCUT2D eigenvalue weighted by Gasteiger charge is 2.15. The Bertz CT molecular complexity index is 911. The lowest BCUT2D eigenvalue weighted by Gasteiger charge is -2.15. The smallest absolute Gasteiger partial charge is 0.265 e. The van der Waals surface area contributed by atoms with Crippen LogP contribution in [0.2, 0.25) is 0 Å². The minimum atomic E-state index is -0.656. The highest BCUT2D eigenvalue weighted by atomic mass is 16.5. The summed E-state index contributed by atoms with van der Waals surface area (Å²) in [5, 5.41) is 11.6. The van der Waals surface area contributed by atoms with Crippen LogP contribution in [0.25, 0.3) is 11.1 Å². The predicted molar refractivity (Wildman–Crippen MR) is 102 cm³/mol. The van der Waals surface area contributed by atoms with Crippen LogP contribution in [0.5, 0.6) is 5.75 Å². The Morgan fingerprint density at radius 2 is 1.54 bits per heavy atom. The minimum absolute atomic E-state index is 0.234. The molecular formula is C22H18N2O2. The van der Waals surface area contributed by atoms with E-state index >= 15 is 0 Å². The molecule has 1 atom stereocenters. The van der Waals surface area contributed by atoms with Crippen LogP contribution < -0.4 is 10.1 Å². The Kier molecular flexibility index (Phi) is 5.31. The summed E-state index contributed by atoms with van der Waals surface area (Å²) in [6.07, 6.45) is -0.656. The molecule has 4 heteroatoms. The lowest BCUT2D eigenvalue weighted by atomic mass is 10.1. The number of hydrogen-bond acceptors (Lipinski definition) is 3. The molecule has 3 rings (SSSR count). The Hall–Kier alpha value is -3.58. The Labute approximate surface area is 152 Å². The second kappa shape index (κ2) is 8.00. The van der Waals surface area contributed by atoms with E-state index in [1.54, 1.807) is 31.2 Å². The molecule has 4 nitrogen and oxygen atoms in total.